The van der Waals surface area contributed by atoms with Gasteiger partial charge in [-0.15, -0.1) is 0 Å². The molecule has 0 amide bonds. The topological polar surface area (TPSA) is 88.1 Å². The number of rotatable bonds is 13. The number of methoxy groups -OCH3 is 1. The molecule has 1 aromatic carbocycles. The summed E-state index contributed by atoms with van der Waals surface area (Å²) in [6, 6.07) is 8.40. The van der Waals surface area contributed by atoms with Gasteiger partial charge in [-0.25, -0.2) is 8.42 Å². The van der Waals surface area contributed by atoms with Gasteiger partial charge in [0.1, 0.15) is 6.29 Å². The van der Waals surface area contributed by atoms with E-state index < -0.39 is 50.7 Å². The normalized spacial score (nSPS) is 24.1. The second-order valence-corrected chi connectivity index (χ2v) is 25.5. The summed E-state index contributed by atoms with van der Waals surface area (Å²) < 4.78 is 52.4. The number of ether oxygens (including phenoxy) is 2. The maximum Gasteiger partial charge on any atom is 0.192 e. The molecule has 39 heavy (non-hydrogen) atoms. The number of benzene rings is 1. The van der Waals surface area contributed by atoms with Gasteiger partial charge in [0.2, 0.25) is 0 Å². The molecule has 0 aromatic heterocycles. The zero-order valence-corrected chi connectivity index (χ0v) is 28.8. The monoisotopic (exact) mass is 600 g/mol. The Morgan fingerprint density at radius 2 is 1.51 bits per heavy atom. The lowest BCUT2D eigenvalue weighted by atomic mass is 9.94. The van der Waals surface area contributed by atoms with Crippen molar-refractivity contribution in [2.75, 3.05) is 19.5 Å². The lowest BCUT2D eigenvalue weighted by Gasteiger charge is -2.42. The van der Waals surface area contributed by atoms with E-state index >= 15 is 0 Å². The third kappa shape index (κ3) is 8.80. The lowest BCUT2D eigenvalue weighted by Crippen LogP contribution is -2.49. The molecule has 0 N–H and O–H groups in total. The van der Waals surface area contributed by atoms with Crippen molar-refractivity contribution in [3.8, 4) is 0 Å². The number of carbonyl (C=O) groups is 1. The molecule has 0 bridgehead atoms. The highest BCUT2D eigenvalue weighted by molar-refractivity contribution is 7.91. The fourth-order valence-electron chi connectivity index (χ4n) is 4.43. The highest BCUT2D eigenvalue weighted by Gasteiger charge is 2.49. The Bertz CT molecular complexity index is 1030. The van der Waals surface area contributed by atoms with Crippen LogP contribution in [0.4, 0.5) is 0 Å². The third-order valence-corrected chi connectivity index (χ3v) is 19.8. The molecule has 1 saturated heterocycles. The first-order valence-electron chi connectivity index (χ1n) is 14.0. The van der Waals surface area contributed by atoms with Crippen LogP contribution in [0.15, 0.2) is 35.2 Å². The van der Waals surface area contributed by atoms with Crippen LogP contribution in [-0.4, -0.2) is 75.2 Å². The minimum atomic E-state index is -3.60. The Hall–Kier alpha value is -0.886. The van der Waals surface area contributed by atoms with Gasteiger partial charge in [-0.1, -0.05) is 59.7 Å². The third-order valence-electron chi connectivity index (χ3n) is 8.93. The van der Waals surface area contributed by atoms with E-state index in [-0.39, 0.29) is 33.2 Å². The van der Waals surface area contributed by atoms with Crippen LogP contribution in [0.1, 0.15) is 54.4 Å². The number of hydrogen-bond acceptors (Lipinski definition) is 7. The molecular formula is C29H52O7SSi2. The van der Waals surface area contributed by atoms with Gasteiger partial charge in [-0.05, 0) is 48.4 Å². The van der Waals surface area contributed by atoms with E-state index in [0.717, 1.165) is 6.29 Å². The van der Waals surface area contributed by atoms with Gasteiger partial charge in [0.15, 0.2) is 26.5 Å². The molecule has 1 aromatic rings. The number of hydrogen-bond donors (Lipinski definition) is 0. The maximum absolute atomic E-state index is 13.3. The summed E-state index contributed by atoms with van der Waals surface area (Å²) in [7, 11) is -6.22. The predicted octanol–water partition coefficient (Wildman–Crippen LogP) is 6.25. The fourth-order valence-corrected chi connectivity index (χ4v) is 8.49. The van der Waals surface area contributed by atoms with Crippen molar-refractivity contribution in [1.29, 1.82) is 0 Å². The van der Waals surface area contributed by atoms with Crippen LogP contribution < -0.4 is 0 Å². The smallest absolute Gasteiger partial charge is 0.192 e. The number of sulfone groups is 1. The average Bonchev–Trinajstić information content (AvgIpc) is 3.11. The largest absolute Gasteiger partial charge is 0.414 e. The molecule has 1 unspecified atom stereocenters. The van der Waals surface area contributed by atoms with Crippen LogP contribution in [0.25, 0.3) is 0 Å². The highest BCUT2D eigenvalue weighted by atomic mass is 32.2. The van der Waals surface area contributed by atoms with E-state index in [4.69, 9.17) is 18.3 Å². The molecule has 5 atom stereocenters. The minimum absolute atomic E-state index is 0.00572. The Morgan fingerprint density at radius 1 is 0.949 bits per heavy atom. The molecule has 0 radical (unpaired) electrons. The molecule has 0 spiro atoms. The van der Waals surface area contributed by atoms with Gasteiger partial charge in [-0.3, -0.25) is 0 Å². The Kier molecular flexibility index (Phi) is 11.4. The van der Waals surface area contributed by atoms with Crippen molar-refractivity contribution in [1.82, 2.24) is 0 Å². The van der Waals surface area contributed by atoms with E-state index in [1.165, 1.54) is 0 Å². The quantitative estimate of drug-likeness (QED) is 0.195. The van der Waals surface area contributed by atoms with Gasteiger partial charge in [0, 0.05) is 25.9 Å². The Morgan fingerprint density at radius 3 is 2.00 bits per heavy atom. The Labute approximate surface area is 239 Å². The summed E-state index contributed by atoms with van der Waals surface area (Å²) in [6.07, 6.45) is -0.307. The molecule has 1 heterocycles. The van der Waals surface area contributed by atoms with Crippen molar-refractivity contribution < 1.29 is 31.5 Å². The van der Waals surface area contributed by atoms with E-state index in [9.17, 15) is 13.2 Å². The molecule has 1 aliphatic rings. The predicted molar refractivity (Wildman–Crippen MR) is 162 cm³/mol. The maximum atomic E-state index is 13.3. The van der Waals surface area contributed by atoms with Crippen LogP contribution in [0.5, 0.6) is 0 Å². The molecule has 224 valence electrons. The Balaban J connectivity index is 2.35. The fraction of sp³-hybridized carbons (Fsp3) is 0.759. The van der Waals surface area contributed by atoms with Crippen LogP contribution in [0.2, 0.25) is 36.3 Å². The average molecular weight is 601 g/mol. The van der Waals surface area contributed by atoms with Crippen molar-refractivity contribution in [3.05, 3.63) is 30.3 Å². The molecule has 1 aliphatic heterocycles. The van der Waals surface area contributed by atoms with Crippen molar-refractivity contribution in [2.24, 2.45) is 5.92 Å². The summed E-state index contributed by atoms with van der Waals surface area (Å²) in [5, 5.41) is 0.0607. The van der Waals surface area contributed by atoms with E-state index in [1.54, 1.807) is 37.4 Å². The van der Waals surface area contributed by atoms with Gasteiger partial charge >= 0.3 is 0 Å². The van der Waals surface area contributed by atoms with Gasteiger partial charge in [-0.2, -0.15) is 0 Å². The van der Waals surface area contributed by atoms with Crippen LogP contribution >= 0.6 is 0 Å². The summed E-state index contributed by atoms with van der Waals surface area (Å²) in [5.74, 6) is -0.635. The molecule has 0 aliphatic carbocycles. The molecule has 0 saturated carbocycles. The van der Waals surface area contributed by atoms with Crippen LogP contribution in [0.3, 0.4) is 0 Å². The molecule has 10 heteroatoms. The molecule has 1 fully saturated rings. The first-order valence-corrected chi connectivity index (χ1v) is 21.4. The van der Waals surface area contributed by atoms with Gasteiger partial charge in [0.25, 0.3) is 0 Å². The zero-order chi connectivity index (χ0) is 29.9. The van der Waals surface area contributed by atoms with Crippen molar-refractivity contribution >= 4 is 32.8 Å². The van der Waals surface area contributed by atoms with E-state index in [1.807, 2.05) is 0 Å². The lowest BCUT2D eigenvalue weighted by molar-refractivity contribution is -0.111. The summed E-state index contributed by atoms with van der Waals surface area (Å²) in [5.41, 5.74) is 0. The first kappa shape index (κ1) is 34.3. The highest BCUT2D eigenvalue weighted by Crippen LogP contribution is 2.41. The standard InChI is InChI=1S/C29H52O7SSi2/c1-28(2,3)38(8,9)34-20-22(36-39(10,11)29(4,5)6)19-26-27(33-7)24(25(35-26)17-18-30)21-37(31,32)23-15-13-12-14-16-23/h12-16,18,22,24-27H,17,19-21H2,1-11H3/t22?,24-,25-,26+,27+/m0/s1. The minimum Gasteiger partial charge on any atom is -0.414 e. The van der Waals surface area contributed by atoms with E-state index in [2.05, 4.69) is 67.7 Å². The summed E-state index contributed by atoms with van der Waals surface area (Å²) in [4.78, 5) is 11.8. The number of carbonyl (C=O) groups excluding carboxylic acids is 1. The zero-order valence-electron chi connectivity index (χ0n) is 25.9. The molecule has 2 rings (SSSR count). The second-order valence-electron chi connectivity index (χ2n) is 13.9. The SMILES string of the molecule is CO[C@@H]1[C@@H](CS(=O)(=O)c2ccccc2)[C@H](CC=O)O[C@@H]1CC(CO[Si](C)(C)C(C)(C)C)O[Si](C)(C)C(C)(C)C. The van der Waals surface area contributed by atoms with Crippen LogP contribution in [0, 0.1) is 5.92 Å². The summed E-state index contributed by atoms with van der Waals surface area (Å²) >= 11 is 0. The van der Waals surface area contributed by atoms with Crippen molar-refractivity contribution in [3.63, 3.8) is 0 Å². The second kappa shape index (κ2) is 13.0. The van der Waals surface area contributed by atoms with Gasteiger partial charge in [0.05, 0.1) is 41.7 Å². The molecule has 7 nitrogen and oxygen atoms in total. The first-order chi connectivity index (χ1) is 17.8. The molecular weight excluding hydrogens is 549 g/mol. The van der Waals surface area contributed by atoms with Crippen LogP contribution in [-0.2, 0) is 33.0 Å². The number of aldehydes is 1. The summed E-state index contributed by atoms with van der Waals surface area (Å²) in [6.45, 7) is 22.6. The van der Waals surface area contributed by atoms with E-state index in [0.29, 0.717) is 13.0 Å². The van der Waals surface area contributed by atoms with Gasteiger partial charge < -0.3 is 23.1 Å². The van der Waals surface area contributed by atoms with Crippen molar-refractivity contribution in [2.45, 2.75) is 120 Å².